The van der Waals surface area contributed by atoms with Crippen LogP contribution in [0.5, 0.6) is 0 Å². The molecule has 4 aromatic carbocycles. The molecule has 1 fully saturated rings. The Bertz CT molecular complexity index is 1970. The van der Waals surface area contributed by atoms with E-state index in [0.29, 0.717) is 48.3 Å². The second-order valence-corrected chi connectivity index (χ2v) is 16.3. The van der Waals surface area contributed by atoms with Crippen LogP contribution in [0.15, 0.2) is 102 Å². The van der Waals surface area contributed by atoms with Crippen molar-refractivity contribution in [2.24, 2.45) is 5.92 Å². The highest BCUT2D eigenvalue weighted by Gasteiger charge is 2.19. The van der Waals surface area contributed by atoms with Crippen molar-refractivity contribution < 1.29 is 8.42 Å². The molecule has 1 aliphatic carbocycles. The summed E-state index contributed by atoms with van der Waals surface area (Å²) in [6.45, 7) is 2.69. The van der Waals surface area contributed by atoms with E-state index in [0.717, 1.165) is 55.1 Å². The van der Waals surface area contributed by atoms with Gasteiger partial charge in [-0.1, -0.05) is 117 Å². The lowest BCUT2D eigenvalue weighted by atomic mass is 9.88. The molecule has 11 heteroatoms. The number of unbranched alkanes of at least 4 members (excludes halogenated alkanes) is 3. The largest absolute Gasteiger partial charge is 0.377 e. The van der Waals surface area contributed by atoms with Crippen molar-refractivity contribution in [3.8, 4) is 0 Å². The molecule has 1 aromatic heterocycles. The van der Waals surface area contributed by atoms with Crippen molar-refractivity contribution in [3.05, 3.63) is 108 Å². The fraction of sp³-hybridized carbons (Fsp3) is 0.419. The molecule has 1 heterocycles. The number of hydrogen-bond acceptors (Lipinski definition) is 9. The van der Waals surface area contributed by atoms with Crippen LogP contribution in [0.1, 0.15) is 81.3 Å². The Kier molecular flexibility index (Phi) is 14.1. The summed E-state index contributed by atoms with van der Waals surface area (Å²) in [5, 5.41) is 12.1. The van der Waals surface area contributed by atoms with Gasteiger partial charge in [0.05, 0.1) is 4.90 Å². The zero-order valence-electron chi connectivity index (χ0n) is 31.8. The van der Waals surface area contributed by atoms with Crippen LogP contribution in [0.25, 0.3) is 10.8 Å². The highest BCUT2D eigenvalue weighted by atomic mass is 32.2. The molecule has 5 aromatic rings. The van der Waals surface area contributed by atoms with Gasteiger partial charge in [-0.2, -0.15) is 15.0 Å². The molecule has 0 saturated heterocycles. The first-order valence-electron chi connectivity index (χ1n) is 19.6. The van der Waals surface area contributed by atoms with Crippen LogP contribution in [0.4, 0.5) is 23.5 Å². The molecular weight excluding hydrogens is 693 g/mol. The number of aromatic nitrogens is 3. The quantitative estimate of drug-likeness (QED) is 0.0579. The van der Waals surface area contributed by atoms with Crippen LogP contribution in [-0.2, 0) is 10.0 Å². The third kappa shape index (κ3) is 10.9. The topological polar surface area (TPSA) is 124 Å². The first-order valence-corrected chi connectivity index (χ1v) is 21.1. The number of anilines is 4. The second kappa shape index (κ2) is 19.5. The molecule has 286 valence electrons. The van der Waals surface area contributed by atoms with Crippen LogP contribution < -0.4 is 25.6 Å². The summed E-state index contributed by atoms with van der Waals surface area (Å²) in [6, 6.07) is 32.5. The van der Waals surface area contributed by atoms with Crippen molar-refractivity contribution in [2.75, 3.05) is 61.1 Å². The molecule has 6 rings (SSSR count). The maximum absolute atomic E-state index is 13.3. The van der Waals surface area contributed by atoms with Gasteiger partial charge < -0.3 is 20.9 Å². The molecule has 0 unspecified atom stereocenters. The van der Waals surface area contributed by atoms with Crippen molar-refractivity contribution in [3.63, 3.8) is 0 Å². The van der Waals surface area contributed by atoms with Crippen LogP contribution in [0.2, 0.25) is 0 Å². The molecule has 54 heavy (non-hydrogen) atoms. The minimum atomic E-state index is -3.64. The maximum atomic E-state index is 13.3. The van der Waals surface area contributed by atoms with E-state index in [1.54, 1.807) is 6.07 Å². The Hall–Kier alpha value is -4.74. The lowest BCUT2D eigenvalue weighted by Gasteiger charge is -2.22. The molecule has 0 bridgehead atoms. The van der Waals surface area contributed by atoms with Gasteiger partial charge >= 0.3 is 0 Å². The number of benzene rings is 4. The summed E-state index contributed by atoms with van der Waals surface area (Å²) in [7, 11) is 0.290. The van der Waals surface area contributed by atoms with E-state index in [-0.39, 0.29) is 5.92 Å². The van der Waals surface area contributed by atoms with E-state index in [9.17, 15) is 8.42 Å². The smallest absolute Gasteiger partial charge is 0.241 e. The third-order valence-electron chi connectivity index (χ3n) is 10.3. The molecule has 0 amide bonds. The summed E-state index contributed by atoms with van der Waals surface area (Å²) in [6.07, 6.45) is 10.8. The van der Waals surface area contributed by atoms with E-state index in [1.807, 2.05) is 49.3 Å². The molecule has 0 atom stereocenters. The molecular formula is C43H56N8O2S. The highest BCUT2D eigenvalue weighted by molar-refractivity contribution is 7.89. The summed E-state index contributed by atoms with van der Waals surface area (Å²) in [5.41, 5.74) is 3.57. The van der Waals surface area contributed by atoms with Crippen LogP contribution in [0, 0.1) is 5.92 Å². The van der Waals surface area contributed by atoms with Gasteiger partial charge in [-0.3, -0.25) is 0 Å². The van der Waals surface area contributed by atoms with E-state index in [4.69, 9.17) is 15.0 Å². The van der Waals surface area contributed by atoms with Gasteiger partial charge in [-0.15, -0.1) is 0 Å². The molecule has 1 saturated carbocycles. The van der Waals surface area contributed by atoms with Crippen LogP contribution in [0.3, 0.4) is 0 Å². The maximum Gasteiger partial charge on any atom is 0.241 e. The molecule has 4 N–H and O–H groups in total. The highest BCUT2D eigenvalue weighted by Crippen LogP contribution is 2.31. The minimum absolute atomic E-state index is 0.257. The predicted octanol–water partition coefficient (Wildman–Crippen LogP) is 8.67. The van der Waals surface area contributed by atoms with Gasteiger partial charge in [-0.05, 0) is 61.3 Å². The fourth-order valence-electron chi connectivity index (χ4n) is 7.44. The summed E-state index contributed by atoms with van der Waals surface area (Å²) >= 11 is 0. The number of rotatable bonds is 20. The van der Waals surface area contributed by atoms with Crippen molar-refractivity contribution in [1.82, 2.24) is 19.7 Å². The van der Waals surface area contributed by atoms with Gasteiger partial charge in [-0.25, -0.2) is 13.1 Å². The molecule has 0 radical (unpaired) electrons. The first kappa shape index (κ1) is 39.0. The summed E-state index contributed by atoms with van der Waals surface area (Å²) in [5.74, 6) is 2.62. The Morgan fingerprint density at radius 2 is 1.20 bits per heavy atom. The fourth-order valence-corrected chi connectivity index (χ4v) is 8.74. The average Bonchev–Trinajstić information content (AvgIpc) is 3.20. The number of hydrogen-bond donors (Lipinski definition) is 4. The van der Waals surface area contributed by atoms with Crippen molar-refractivity contribution in [2.45, 2.75) is 75.0 Å². The SMILES string of the molecule is CN(C)c1cccc2c(S(=O)(=O)NCCCCCCNc3nc(NCCC(c4ccccc4)c4ccccc4)nc(NCC4CCCCC4)n3)cccc12. The van der Waals surface area contributed by atoms with Gasteiger partial charge in [0.1, 0.15) is 0 Å². The average molecular weight is 749 g/mol. The zero-order valence-corrected chi connectivity index (χ0v) is 32.6. The third-order valence-corrected chi connectivity index (χ3v) is 11.9. The van der Waals surface area contributed by atoms with Gasteiger partial charge in [0.25, 0.3) is 0 Å². The molecule has 1 aliphatic rings. The predicted molar refractivity (Wildman–Crippen MR) is 223 cm³/mol. The molecule has 10 nitrogen and oxygen atoms in total. The lowest BCUT2D eigenvalue weighted by molar-refractivity contribution is 0.373. The normalized spacial score (nSPS) is 13.6. The van der Waals surface area contributed by atoms with Crippen LogP contribution >= 0.6 is 0 Å². The minimum Gasteiger partial charge on any atom is -0.377 e. The first-order chi connectivity index (χ1) is 26.4. The summed E-state index contributed by atoms with van der Waals surface area (Å²) < 4.78 is 29.4. The Morgan fingerprint density at radius 1 is 0.630 bits per heavy atom. The summed E-state index contributed by atoms with van der Waals surface area (Å²) in [4.78, 5) is 16.6. The number of fused-ring (bicyclic) bond motifs is 1. The van der Waals surface area contributed by atoms with Crippen LogP contribution in [-0.4, -0.2) is 63.6 Å². The lowest BCUT2D eigenvalue weighted by Crippen LogP contribution is -2.25. The number of nitrogens with one attached hydrogen (secondary N) is 4. The zero-order chi connectivity index (χ0) is 37.6. The standard InChI is InChI=1S/C43H56N8O2S/c1-51(2)39-26-16-25-38-37(39)24-17-27-40(38)54(52,53)47-30-15-4-3-14-29-44-41-48-42(50-43(49-41)46-32-33-18-8-5-9-19-33)45-31-28-36(34-20-10-6-11-21-34)35-22-12-7-13-23-35/h6-7,10-13,16-17,20-27,33,36,47H,3-5,8-9,14-15,18-19,28-32H2,1-2H3,(H3,44,45,46,48,49,50). The van der Waals surface area contributed by atoms with E-state index >= 15 is 0 Å². The van der Waals surface area contributed by atoms with Gasteiger partial charge in [0, 0.05) is 62.7 Å². The molecule has 0 aliphatic heterocycles. The number of sulfonamides is 1. The Labute approximate surface area is 321 Å². The van der Waals surface area contributed by atoms with E-state index < -0.39 is 10.0 Å². The van der Waals surface area contributed by atoms with Gasteiger partial charge in [0.2, 0.25) is 27.9 Å². The Morgan fingerprint density at radius 3 is 1.85 bits per heavy atom. The number of nitrogens with zero attached hydrogens (tertiary/aromatic N) is 4. The van der Waals surface area contributed by atoms with E-state index in [2.05, 4.69) is 81.3 Å². The second-order valence-electron chi connectivity index (χ2n) is 14.5. The molecule has 0 spiro atoms. The monoisotopic (exact) mass is 748 g/mol. The Balaban J connectivity index is 0.998. The van der Waals surface area contributed by atoms with Crippen molar-refractivity contribution in [1.29, 1.82) is 0 Å². The van der Waals surface area contributed by atoms with Gasteiger partial charge in [0.15, 0.2) is 0 Å². The van der Waals surface area contributed by atoms with E-state index in [1.165, 1.54) is 43.2 Å². The van der Waals surface area contributed by atoms with Crippen molar-refractivity contribution >= 4 is 44.3 Å².